The first-order valence-corrected chi connectivity index (χ1v) is 11.4. The summed E-state index contributed by atoms with van der Waals surface area (Å²) in [6.45, 7) is 3.49. The monoisotopic (exact) mass is 488 g/mol. The van der Waals surface area contributed by atoms with Gasteiger partial charge < -0.3 is 20.3 Å². The number of halogens is 1. The number of aromatic nitrogens is 5. The second-order valence-corrected chi connectivity index (χ2v) is 8.45. The number of methoxy groups -OCH3 is 1. The molecule has 1 aromatic carbocycles. The summed E-state index contributed by atoms with van der Waals surface area (Å²) >= 11 is 0. The smallest absolute Gasteiger partial charge is 0.252 e. The summed E-state index contributed by atoms with van der Waals surface area (Å²) in [6, 6.07) is 9.71. The lowest BCUT2D eigenvalue weighted by Gasteiger charge is -2.33. The van der Waals surface area contributed by atoms with E-state index in [9.17, 15) is 9.18 Å². The molecule has 4 aromatic rings. The predicted octanol–water partition coefficient (Wildman–Crippen LogP) is 2.39. The molecule has 0 spiro atoms. The lowest BCUT2D eigenvalue weighted by molar-refractivity contribution is 0.1000. The molecule has 3 aromatic heterocycles. The SMILES string of the molecule is COc1cccc(F)c1-c1nccc(-c2cnn(-c3nc(N4CCN(C)CC4)ccc3C(N)=O)c2)n1. The second-order valence-electron chi connectivity index (χ2n) is 8.45. The molecule has 5 rings (SSSR count). The lowest BCUT2D eigenvalue weighted by atomic mass is 10.1. The third-order valence-corrected chi connectivity index (χ3v) is 6.12. The number of anilines is 1. The van der Waals surface area contributed by atoms with Crippen LogP contribution in [0.25, 0.3) is 28.5 Å². The average Bonchev–Trinajstić information content (AvgIpc) is 3.39. The molecule has 0 atom stereocenters. The van der Waals surface area contributed by atoms with Crippen LogP contribution in [-0.2, 0) is 0 Å². The van der Waals surface area contributed by atoms with Gasteiger partial charge in [0.15, 0.2) is 11.6 Å². The molecule has 184 valence electrons. The van der Waals surface area contributed by atoms with Crippen LogP contribution in [0.2, 0.25) is 0 Å². The molecule has 0 aliphatic carbocycles. The Morgan fingerprint density at radius 2 is 1.89 bits per heavy atom. The van der Waals surface area contributed by atoms with Gasteiger partial charge in [-0.2, -0.15) is 5.10 Å². The van der Waals surface area contributed by atoms with Crippen LogP contribution in [0, 0.1) is 5.82 Å². The maximum atomic E-state index is 14.6. The van der Waals surface area contributed by atoms with Gasteiger partial charge in [-0.25, -0.2) is 24.0 Å². The Balaban J connectivity index is 1.51. The van der Waals surface area contributed by atoms with Gasteiger partial charge in [-0.15, -0.1) is 0 Å². The van der Waals surface area contributed by atoms with Crippen LogP contribution < -0.4 is 15.4 Å². The maximum absolute atomic E-state index is 14.6. The zero-order valence-electron chi connectivity index (χ0n) is 19.9. The van der Waals surface area contributed by atoms with Crippen molar-refractivity contribution in [2.45, 2.75) is 0 Å². The summed E-state index contributed by atoms with van der Waals surface area (Å²) < 4.78 is 21.4. The van der Waals surface area contributed by atoms with Gasteiger partial charge in [0.25, 0.3) is 5.91 Å². The fourth-order valence-electron chi connectivity index (χ4n) is 4.12. The number of hydrogen-bond donors (Lipinski definition) is 1. The fourth-order valence-corrected chi connectivity index (χ4v) is 4.12. The molecule has 11 heteroatoms. The van der Waals surface area contributed by atoms with Crippen LogP contribution in [0.1, 0.15) is 10.4 Å². The van der Waals surface area contributed by atoms with Crippen LogP contribution in [0.5, 0.6) is 5.75 Å². The Morgan fingerprint density at radius 1 is 1.08 bits per heavy atom. The van der Waals surface area contributed by atoms with E-state index in [-0.39, 0.29) is 17.0 Å². The van der Waals surface area contributed by atoms with E-state index in [1.807, 2.05) is 0 Å². The van der Waals surface area contributed by atoms with Gasteiger partial charge in [0.1, 0.15) is 17.4 Å². The van der Waals surface area contributed by atoms with E-state index < -0.39 is 11.7 Å². The van der Waals surface area contributed by atoms with Gasteiger partial charge in [0, 0.05) is 44.1 Å². The average molecular weight is 489 g/mol. The second kappa shape index (κ2) is 9.70. The third kappa shape index (κ3) is 4.48. The van der Waals surface area contributed by atoms with E-state index in [0.717, 1.165) is 32.0 Å². The number of rotatable bonds is 6. The van der Waals surface area contributed by atoms with Crippen molar-refractivity contribution in [3.05, 3.63) is 66.4 Å². The molecule has 0 bridgehead atoms. The zero-order valence-corrected chi connectivity index (χ0v) is 19.9. The van der Waals surface area contributed by atoms with E-state index in [1.165, 1.54) is 17.9 Å². The summed E-state index contributed by atoms with van der Waals surface area (Å²) in [4.78, 5) is 30.1. The Labute approximate surface area is 207 Å². The summed E-state index contributed by atoms with van der Waals surface area (Å²) in [6.07, 6.45) is 4.84. The van der Waals surface area contributed by atoms with Crippen LogP contribution in [-0.4, -0.2) is 75.9 Å². The highest BCUT2D eigenvalue weighted by atomic mass is 19.1. The summed E-state index contributed by atoms with van der Waals surface area (Å²) in [5, 5.41) is 4.42. The highest BCUT2D eigenvalue weighted by Gasteiger charge is 2.20. The Bertz CT molecular complexity index is 1410. The molecule has 0 unspecified atom stereocenters. The van der Waals surface area contributed by atoms with Crippen LogP contribution in [0.4, 0.5) is 10.2 Å². The Kier molecular flexibility index (Phi) is 6.30. The number of ether oxygens (including phenoxy) is 1. The number of primary amides is 1. The Morgan fingerprint density at radius 3 is 2.64 bits per heavy atom. The minimum atomic E-state index is -0.601. The molecule has 4 heterocycles. The number of carbonyl (C=O) groups excluding carboxylic acids is 1. The quantitative estimate of drug-likeness (QED) is 0.440. The third-order valence-electron chi connectivity index (χ3n) is 6.12. The molecule has 1 fully saturated rings. The summed E-state index contributed by atoms with van der Waals surface area (Å²) in [5.74, 6) is 0.502. The maximum Gasteiger partial charge on any atom is 0.252 e. The molecule has 1 amide bonds. The van der Waals surface area contributed by atoms with Crippen molar-refractivity contribution in [1.29, 1.82) is 0 Å². The first-order valence-electron chi connectivity index (χ1n) is 11.4. The molecule has 1 aliphatic heterocycles. The molecule has 10 nitrogen and oxygen atoms in total. The Hall–Kier alpha value is -4.38. The number of piperazine rings is 1. The fraction of sp³-hybridized carbons (Fsp3) is 0.240. The predicted molar refractivity (Wildman–Crippen MR) is 133 cm³/mol. The minimum absolute atomic E-state index is 0.173. The molecule has 1 saturated heterocycles. The van der Waals surface area contributed by atoms with Crippen LogP contribution >= 0.6 is 0 Å². The van der Waals surface area contributed by atoms with Crippen molar-refractivity contribution in [3.63, 3.8) is 0 Å². The van der Waals surface area contributed by atoms with Gasteiger partial charge in [-0.05, 0) is 37.4 Å². The van der Waals surface area contributed by atoms with Crippen molar-refractivity contribution >= 4 is 11.7 Å². The van der Waals surface area contributed by atoms with Gasteiger partial charge in [-0.3, -0.25) is 4.79 Å². The largest absolute Gasteiger partial charge is 0.496 e. The molecule has 2 N–H and O–H groups in total. The number of nitrogens with zero attached hydrogens (tertiary/aromatic N) is 7. The van der Waals surface area contributed by atoms with E-state index in [1.54, 1.807) is 48.9 Å². The number of nitrogens with two attached hydrogens (primary N) is 1. The molecule has 1 aliphatic rings. The van der Waals surface area contributed by atoms with E-state index in [4.69, 9.17) is 15.5 Å². The number of pyridine rings is 1. The first-order chi connectivity index (χ1) is 17.4. The lowest BCUT2D eigenvalue weighted by Crippen LogP contribution is -2.44. The molecular formula is C25H25FN8O2. The van der Waals surface area contributed by atoms with Gasteiger partial charge in [0.2, 0.25) is 0 Å². The highest BCUT2D eigenvalue weighted by molar-refractivity contribution is 5.96. The standard InChI is InChI=1S/C25H25FN8O2/c1-32-10-12-33(13-11-32)21-7-6-17(23(27)35)25(31-21)34-15-16(14-29-34)19-8-9-28-24(30-19)22-18(26)4-3-5-20(22)36-2/h3-9,14-15H,10-13H2,1-2H3,(H2,27,35). The molecular weight excluding hydrogens is 463 g/mol. The topological polar surface area (TPSA) is 115 Å². The number of benzene rings is 1. The highest BCUT2D eigenvalue weighted by Crippen LogP contribution is 2.31. The summed E-state index contributed by atoms with van der Waals surface area (Å²) in [5.41, 5.74) is 7.21. The van der Waals surface area contributed by atoms with E-state index in [2.05, 4.69) is 31.9 Å². The van der Waals surface area contributed by atoms with Crippen molar-refractivity contribution in [1.82, 2.24) is 29.6 Å². The zero-order chi connectivity index (χ0) is 25.2. The molecule has 0 saturated carbocycles. The first kappa shape index (κ1) is 23.4. The van der Waals surface area contributed by atoms with Crippen molar-refractivity contribution in [3.8, 4) is 34.2 Å². The minimum Gasteiger partial charge on any atom is -0.496 e. The number of likely N-dealkylation sites (N-methyl/N-ethyl adjacent to an activating group) is 1. The number of carbonyl (C=O) groups is 1. The molecule has 0 radical (unpaired) electrons. The number of hydrogen-bond acceptors (Lipinski definition) is 8. The van der Waals surface area contributed by atoms with E-state index in [0.29, 0.717) is 22.8 Å². The van der Waals surface area contributed by atoms with Crippen molar-refractivity contribution in [2.75, 3.05) is 45.2 Å². The van der Waals surface area contributed by atoms with Gasteiger partial charge in [0.05, 0.1) is 30.1 Å². The van der Waals surface area contributed by atoms with Crippen LogP contribution in [0.3, 0.4) is 0 Å². The molecule has 36 heavy (non-hydrogen) atoms. The van der Waals surface area contributed by atoms with Crippen molar-refractivity contribution in [2.24, 2.45) is 5.73 Å². The summed E-state index contributed by atoms with van der Waals surface area (Å²) in [7, 11) is 3.55. The van der Waals surface area contributed by atoms with E-state index >= 15 is 0 Å². The number of amides is 1. The van der Waals surface area contributed by atoms with Crippen LogP contribution in [0.15, 0.2) is 55.0 Å². The van der Waals surface area contributed by atoms with Crippen molar-refractivity contribution < 1.29 is 13.9 Å². The van der Waals surface area contributed by atoms with Gasteiger partial charge in [-0.1, -0.05) is 6.07 Å². The van der Waals surface area contributed by atoms with Gasteiger partial charge >= 0.3 is 0 Å². The normalized spacial score (nSPS) is 14.1.